The van der Waals surface area contributed by atoms with Gasteiger partial charge in [0.2, 0.25) is 0 Å². The van der Waals surface area contributed by atoms with E-state index in [2.05, 4.69) is 21.1 Å². The lowest BCUT2D eigenvalue weighted by Gasteiger charge is -2.32. The van der Waals surface area contributed by atoms with Crippen molar-refractivity contribution < 1.29 is 0 Å². The zero-order chi connectivity index (χ0) is 13.2. The summed E-state index contributed by atoms with van der Waals surface area (Å²) in [7, 11) is 0. The van der Waals surface area contributed by atoms with Crippen LogP contribution < -0.4 is 10.6 Å². The molecule has 0 atom stereocenters. The first-order valence-electron chi connectivity index (χ1n) is 6.18. The van der Waals surface area contributed by atoms with E-state index in [1.165, 1.54) is 6.42 Å². The van der Waals surface area contributed by atoms with Gasteiger partial charge in [-0.1, -0.05) is 0 Å². The highest BCUT2D eigenvalue weighted by Crippen LogP contribution is 2.21. The minimum absolute atomic E-state index is 0.507. The van der Waals surface area contributed by atoms with Crippen molar-refractivity contribution in [2.45, 2.75) is 13.0 Å². The summed E-state index contributed by atoms with van der Waals surface area (Å²) in [6.45, 7) is 2.55. The minimum Gasteiger partial charge on any atom is -0.396 e. The average molecular weight is 254 g/mol. The number of aromatic nitrogens is 3. The molecule has 1 aliphatic rings. The van der Waals surface area contributed by atoms with Crippen LogP contribution in [-0.4, -0.2) is 27.9 Å². The molecule has 6 heteroatoms. The second kappa shape index (κ2) is 4.61. The maximum atomic E-state index is 9.25. The summed E-state index contributed by atoms with van der Waals surface area (Å²) < 4.78 is 1.70. The van der Waals surface area contributed by atoms with Gasteiger partial charge in [-0.2, -0.15) is 10.4 Å². The molecular formula is C13H14N6. The van der Waals surface area contributed by atoms with E-state index in [4.69, 9.17) is 5.73 Å². The second-order valence-corrected chi connectivity index (χ2v) is 4.62. The summed E-state index contributed by atoms with van der Waals surface area (Å²) in [6, 6.07) is 4.08. The van der Waals surface area contributed by atoms with Crippen LogP contribution in [0.2, 0.25) is 0 Å². The van der Waals surface area contributed by atoms with E-state index in [0.717, 1.165) is 24.5 Å². The molecule has 2 N–H and O–H groups in total. The summed E-state index contributed by atoms with van der Waals surface area (Å²) >= 11 is 0. The third-order valence-electron chi connectivity index (χ3n) is 3.26. The predicted molar refractivity (Wildman–Crippen MR) is 71.5 cm³/mol. The largest absolute Gasteiger partial charge is 0.396 e. The van der Waals surface area contributed by atoms with Gasteiger partial charge in [0.25, 0.3) is 0 Å². The van der Waals surface area contributed by atoms with E-state index in [1.54, 1.807) is 23.3 Å². The van der Waals surface area contributed by atoms with Crippen molar-refractivity contribution in [1.82, 2.24) is 14.8 Å². The Labute approximate surface area is 111 Å². The average Bonchev–Trinajstić information content (AvgIpc) is 2.74. The molecule has 0 amide bonds. The second-order valence-electron chi connectivity index (χ2n) is 4.62. The molecule has 3 heterocycles. The number of nitriles is 1. The van der Waals surface area contributed by atoms with Crippen LogP contribution in [0.1, 0.15) is 17.5 Å². The van der Waals surface area contributed by atoms with Crippen molar-refractivity contribution in [1.29, 1.82) is 5.26 Å². The monoisotopic (exact) mass is 254 g/mol. The standard InChI is InChI=1S/C13H14N6/c14-5-10-4-13(18-2-1-3-18)16-6-11(10)8-19-9-12(15)7-17-19/h4,6-7,9H,1-3,8,15H2. The molecule has 0 spiro atoms. The summed E-state index contributed by atoms with van der Waals surface area (Å²) in [5, 5.41) is 13.4. The van der Waals surface area contributed by atoms with Gasteiger partial charge < -0.3 is 10.6 Å². The van der Waals surface area contributed by atoms with Crippen LogP contribution in [0, 0.1) is 11.3 Å². The number of rotatable bonds is 3. The highest BCUT2D eigenvalue weighted by atomic mass is 15.3. The minimum atomic E-state index is 0.507. The molecule has 2 aromatic heterocycles. The first-order chi connectivity index (χ1) is 9.26. The van der Waals surface area contributed by atoms with Gasteiger partial charge >= 0.3 is 0 Å². The molecule has 1 fully saturated rings. The number of anilines is 2. The Balaban J connectivity index is 1.86. The van der Waals surface area contributed by atoms with Crippen molar-refractivity contribution in [2.75, 3.05) is 23.7 Å². The van der Waals surface area contributed by atoms with Crippen LogP contribution in [0.4, 0.5) is 11.5 Å². The normalized spacial score (nSPS) is 13.9. The molecule has 6 nitrogen and oxygen atoms in total. The number of pyridine rings is 1. The van der Waals surface area contributed by atoms with E-state index in [9.17, 15) is 5.26 Å². The Bertz CT molecular complexity index is 635. The van der Waals surface area contributed by atoms with Crippen LogP contribution in [0.25, 0.3) is 0 Å². The Hall–Kier alpha value is -2.55. The Morgan fingerprint density at radius 3 is 2.79 bits per heavy atom. The van der Waals surface area contributed by atoms with Crippen LogP contribution >= 0.6 is 0 Å². The third-order valence-corrected chi connectivity index (χ3v) is 3.26. The molecule has 0 aromatic carbocycles. The molecule has 0 saturated carbocycles. The Morgan fingerprint density at radius 1 is 1.37 bits per heavy atom. The van der Waals surface area contributed by atoms with Gasteiger partial charge in [-0.15, -0.1) is 0 Å². The maximum absolute atomic E-state index is 9.25. The summed E-state index contributed by atoms with van der Waals surface area (Å²) in [6.07, 6.45) is 6.28. The lowest BCUT2D eigenvalue weighted by atomic mass is 10.1. The quantitative estimate of drug-likeness (QED) is 0.883. The first kappa shape index (κ1) is 11.5. The molecular weight excluding hydrogens is 240 g/mol. The van der Waals surface area contributed by atoms with E-state index in [0.29, 0.717) is 17.8 Å². The predicted octanol–water partition coefficient (Wildman–Crippen LogP) is 0.990. The summed E-state index contributed by atoms with van der Waals surface area (Å²) in [5.74, 6) is 0.881. The number of hydrogen-bond donors (Lipinski definition) is 1. The fourth-order valence-electron chi connectivity index (χ4n) is 2.06. The number of nitrogens with two attached hydrogens (primary N) is 1. The van der Waals surface area contributed by atoms with Gasteiger partial charge in [0, 0.05) is 31.0 Å². The lowest BCUT2D eigenvalue weighted by molar-refractivity contribution is 0.608. The van der Waals surface area contributed by atoms with Crippen molar-refractivity contribution in [3.8, 4) is 6.07 Å². The van der Waals surface area contributed by atoms with E-state index < -0.39 is 0 Å². The summed E-state index contributed by atoms with van der Waals surface area (Å²) in [5.41, 5.74) is 7.74. The smallest absolute Gasteiger partial charge is 0.129 e. The number of nitrogen functional groups attached to an aromatic ring is 1. The molecule has 0 radical (unpaired) electrons. The van der Waals surface area contributed by atoms with Crippen LogP contribution in [-0.2, 0) is 6.54 Å². The number of hydrogen-bond acceptors (Lipinski definition) is 5. The molecule has 1 saturated heterocycles. The van der Waals surface area contributed by atoms with Gasteiger partial charge in [0.15, 0.2) is 0 Å². The molecule has 19 heavy (non-hydrogen) atoms. The fraction of sp³-hybridized carbons (Fsp3) is 0.308. The SMILES string of the molecule is N#Cc1cc(N2CCC2)ncc1Cn1cc(N)cn1. The molecule has 96 valence electrons. The van der Waals surface area contributed by atoms with Gasteiger partial charge in [0.05, 0.1) is 30.1 Å². The highest BCUT2D eigenvalue weighted by molar-refractivity contribution is 5.50. The third kappa shape index (κ3) is 2.22. The van der Waals surface area contributed by atoms with Gasteiger partial charge in [-0.25, -0.2) is 4.98 Å². The molecule has 3 rings (SSSR count). The number of nitrogens with zero attached hydrogens (tertiary/aromatic N) is 5. The molecule has 2 aromatic rings. The fourth-order valence-corrected chi connectivity index (χ4v) is 2.06. The lowest BCUT2D eigenvalue weighted by Crippen LogP contribution is -2.37. The maximum Gasteiger partial charge on any atom is 0.129 e. The van der Waals surface area contributed by atoms with Crippen molar-refractivity contribution >= 4 is 11.5 Å². The van der Waals surface area contributed by atoms with Crippen molar-refractivity contribution in [3.63, 3.8) is 0 Å². The zero-order valence-corrected chi connectivity index (χ0v) is 10.5. The molecule has 0 aliphatic carbocycles. The highest BCUT2D eigenvalue weighted by Gasteiger charge is 2.17. The molecule has 0 unspecified atom stereocenters. The first-order valence-corrected chi connectivity index (χ1v) is 6.18. The Morgan fingerprint density at radius 2 is 2.21 bits per heavy atom. The van der Waals surface area contributed by atoms with E-state index in [1.807, 2.05) is 6.07 Å². The van der Waals surface area contributed by atoms with Crippen molar-refractivity contribution in [3.05, 3.63) is 35.8 Å². The molecule has 0 bridgehead atoms. The van der Waals surface area contributed by atoms with Gasteiger partial charge in [0.1, 0.15) is 5.82 Å². The zero-order valence-electron chi connectivity index (χ0n) is 10.5. The van der Waals surface area contributed by atoms with Crippen molar-refractivity contribution in [2.24, 2.45) is 0 Å². The van der Waals surface area contributed by atoms with Gasteiger partial charge in [-0.3, -0.25) is 4.68 Å². The summed E-state index contributed by atoms with van der Waals surface area (Å²) in [4.78, 5) is 6.58. The van der Waals surface area contributed by atoms with Crippen LogP contribution in [0.3, 0.4) is 0 Å². The van der Waals surface area contributed by atoms with Gasteiger partial charge in [-0.05, 0) is 12.5 Å². The van der Waals surface area contributed by atoms with Crippen LogP contribution in [0.15, 0.2) is 24.7 Å². The topological polar surface area (TPSA) is 83.8 Å². The van der Waals surface area contributed by atoms with Crippen LogP contribution in [0.5, 0.6) is 0 Å². The van der Waals surface area contributed by atoms with E-state index >= 15 is 0 Å². The van der Waals surface area contributed by atoms with E-state index in [-0.39, 0.29) is 0 Å². The Kier molecular flexibility index (Phi) is 2.80. The molecule has 1 aliphatic heterocycles.